The lowest BCUT2D eigenvalue weighted by molar-refractivity contribution is -0.142. The normalized spacial score (nSPS) is 26.6. The molecule has 7 heteroatoms. The predicted octanol–water partition coefficient (Wildman–Crippen LogP) is 0.0488. The van der Waals surface area contributed by atoms with E-state index in [2.05, 4.69) is 25.4 Å². The number of fused-ring (bicyclic) bond motifs is 1. The highest BCUT2D eigenvalue weighted by Crippen LogP contribution is 2.28. The molecular weight excluding hydrogens is 270 g/mol. The van der Waals surface area contributed by atoms with Crippen LogP contribution >= 0.6 is 0 Å². The summed E-state index contributed by atoms with van der Waals surface area (Å²) in [5.74, 6) is -0.0234. The smallest absolute Gasteiger partial charge is 0.246 e. The molecular formula is C14H17N5O2. The van der Waals surface area contributed by atoms with Crippen LogP contribution in [0.1, 0.15) is 12.1 Å². The second-order valence-corrected chi connectivity index (χ2v) is 5.79. The number of amides is 1. The van der Waals surface area contributed by atoms with Gasteiger partial charge in [0.2, 0.25) is 5.91 Å². The molecule has 0 aromatic carbocycles. The predicted molar refractivity (Wildman–Crippen MR) is 75.5 cm³/mol. The molecule has 0 saturated carbocycles. The monoisotopic (exact) mass is 287 g/mol. The molecule has 0 radical (unpaired) electrons. The first kappa shape index (κ1) is 12.7. The van der Waals surface area contributed by atoms with E-state index in [0.717, 1.165) is 42.8 Å². The first-order valence-electron chi connectivity index (χ1n) is 7.15. The third kappa shape index (κ3) is 2.28. The summed E-state index contributed by atoms with van der Waals surface area (Å²) in [5.41, 5.74) is 1.61. The summed E-state index contributed by atoms with van der Waals surface area (Å²) < 4.78 is 5.78. The van der Waals surface area contributed by atoms with Crippen molar-refractivity contribution in [2.45, 2.75) is 18.6 Å². The van der Waals surface area contributed by atoms with Crippen LogP contribution in [0.5, 0.6) is 0 Å². The van der Waals surface area contributed by atoms with Gasteiger partial charge < -0.3 is 10.1 Å². The molecule has 21 heavy (non-hydrogen) atoms. The maximum absolute atomic E-state index is 11.2. The van der Waals surface area contributed by atoms with Gasteiger partial charge in [-0.05, 0) is 18.6 Å². The van der Waals surface area contributed by atoms with Gasteiger partial charge in [-0.1, -0.05) is 0 Å². The molecule has 0 bridgehead atoms. The van der Waals surface area contributed by atoms with Crippen molar-refractivity contribution in [3.05, 3.63) is 24.0 Å². The van der Waals surface area contributed by atoms with Gasteiger partial charge in [0.25, 0.3) is 0 Å². The van der Waals surface area contributed by atoms with Crippen molar-refractivity contribution in [3.63, 3.8) is 0 Å². The lowest BCUT2D eigenvalue weighted by atomic mass is 10.0. The van der Waals surface area contributed by atoms with Crippen molar-refractivity contribution in [3.8, 4) is 0 Å². The zero-order valence-corrected chi connectivity index (χ0v) is 11.6. The van der Waals surface area contributed by atoms with Gasteiger partial charge in [-0.25, -0.2) is 4.98 Å². The Morgan fingerprint density at radius 1 is 1.48 bits per heavy atom. The van der Waals surface area contributed by atoms with E-state index in [9.17, 15) is 4.79 Å². The van der Waals surface area contributed by atoms with Crippen molar-refractivity contribution in [2.24, 2.45) is 0 Å². The van der Waals surface area contributed by atoms with E-state index in [4.69, 9.17) is 4.74 Å². The first-order chi connectivity index (χ1) is 10.2. The summed E-state index contributed by atoms with van der Waals surface area (Å²) in [5, 5.41) is 11.3. The van der Waals surface area contributed by atoms with Crippen LogP contribution in [0.3, 0.4) is 0 Å². The lowest BCUT2D eigenvalue weighted by Gasteiger charge is -2.33. The first-order valence-corrected chi connectivity index (χ1v) is 7.15. The second-order valence-electron chi connectivity index (χ2n) is 5.79. The summed E-state index contributed by atoms with van der Waals surface area (Å²) in [4.78, 5) is 17.8. The zero-order chi connectivity index (χ0) is 14.3. The molecule has 110 valence electrons. The second kappa shape index (κ2) is 4.78. The van der Waals surface area contributed by atoms with Crippen LogP contribution in [0.2, 0.25) is 0 Å². The Hall–Kier alpha value is -1.99. The van der Waals surface area contributed by atoms with E-state index in [1.54, 1.807) is 6.20 Å². The lowest BCUT2D eigenvalue weighted by Crippen LogP contribution is -2.53. The molecule has 2 saturated heterocycles. The quantitative estimate of drug-likeness (QED) is 0.815. The highest BCUT2D eigenvalue weighted by molar-refractivity contribution is 5.78. The number of rotatable bonds is 2. The van der Waals surface area contributed by atoms with E-state index >= 15 is 0 Å². The van der Waals surface area contributed by atoms with Crippen LogP contribution in [-0.4, -0.2) is 57.8 Å². The number of carbonyl (C=O) groups excluding carboxylic acids is 1. The van der Waals surface area contributed by atoms with Gasteiger partial charge in [-0.3, -0.25) is 14.8 Å². The Labute approximate surface area is 121 Å². The maximum atomic E-state index is 11.2. The van der Waals surface area contributed by atoms with Crippen LogP contribution in [0.25, 0.3) is 11.0 Å². The van der Waals surface area contributed by atoms with Gasteiger partial charge in [0.1, 0.15) is 6.61 Å². The van der Waals surface area contributed by atoms with Gasteiger partial charge >= 0.3 is 0 Å². The number of morpholine rings is 1. The summed E-state index contributed by atoms with van der Waals surface area (Å²) in [6.45, 7) is 3.35. The van der Waals surface area contributed by atoms with E-state index in [1.807, 2.05) is 12.1 Å². The fourth-order valence-electron chi connectivity index (χ4n) is 3.15. The van der Waals surface area contributed by atoms with E-state index < -0.39 is 0 Å². The summed E-state index contributed by atoms with van der Waals surface area (Å²) in [6.07, 6.45) is 2.69. The number of nitrogens with zero attached hydrogens (tertiary/aromatic N) is 3. The topological polar surface area (TPSA) is 83.1 Å². The molecule has 2 fully saturated rings. The third-order valence-electron chi connectivity index (χ3n) is 4.30. The number of aromatic amines is 1. The average molecular weight is 287 g/mol. The molecule has 2 aliphatic heterocycles. The Morgan fingerprint density at radius 3 is 3.29 bits per heavy atom. The summed E-state index contributed by atoms with van der Waals surface area (Å²) in [6, 6.07) is 3.96. The van der Waals surface area contributed by atoms with E-state index in [1.165, 1.54) is 0 Å². The number of nitrogens with one attached hydrogen (secondary N) is 2. The standard InChI is InChI=1S/C14H17N5O2/c20-12-7-21-14(8-16-12)3-5-19(9-14)6-11-10-2-1-4-15-13(10)18-17-11/h1-2,4H,3,5-9H2,(H,16,20)(H,15,17,18). The number of hydrogen-bond donors (Lipinski definition) is 2. The van der Waals surface area contributed by atoms with Gasteiger partial charge in [0.05, 0.1) is 11.3 Å². The number of aromatic nitrogens is 3. The van der Waals surface area contributed by atoms with E-state index in [0.29, 0.717) is 6.54 Å². The Balaban J connectivity index is 1.48. The number of H-pyrrole nitrogens is 1. The highest BCUT2D eigenvalue weighted by atomic mass is 16.5. The Kier molecular flexibility index (Phi) is 2.90. The van der Waals surface area contributed by atoms with Crippen LogP contribution in [0, 0.1) is 0 Å². The Morgan fingerprint density at radius 2 is 2.43 bits per heavy atom. The third-order valence-corrected chi connectivity index (χ3v) is 4.30. The number of ether oxygens (including phenoxy) is 1. The molecule has 1 spiro atoms. The number of likely N-dealkylation sites (tertiary alicyclic amines) is 1. The Bertz CT molecular complexity index is 673. The van der Waals surface area contributed by atoms with Crippen molar-refractivity contribution >= 4 is 16.9 Å². The van der Waals surface area contributed by atoms with Crippen LogP contribution in [-0.2, 0) is 16.1 Å². The molecule has 0 aliphatic carbocycles. The van der Waals surface area contributed by atoms with Gasteiger partial charge in [0.15, 0.2) is 5.65 Å². The van der Waals surface area contributed by atoms with Gasteiger partial charge in [0, 0.05) is 37.8 Å². The number of carbonyl (C=O) groups is 1. The minimum absolute atomic E-state index is 0.0234. The molecule has 2 N–H and O–H groups in total. The van der Waals surface area contributed by atoms with E-state index in [-0.39, 0.29) is 18.1 Å². The molecule has 1 unspecified atom stereocenters. The maximum Gasteiger partial charge on any atom is 0.246 e. The number of pyridine rings is 1. The SMILES string of the molecule is O=C1COC2(CCN(Cc3[nH]nc4ncccc34)C2)CN1. The largest absolute Gasteiger partial charge is 0.362 e. The summed E-state index contributed by atoms with van der Waals surface area (Å²) in [7, 11) is 0. The van der Waals surface area contributed by atoms with Gasteiger partial charge in [-0.2, -0.15) is 5.10 Å². The molecule has 2 aliphatic rings. The van der Waals surface area contributed by atoms with Crippen molar-refractivity contribution < 1.29 is 9.53 Å². The molecule has 4 heterocycles. The minimum atomic E-state index is -0.220. The molecule has 4 rings (SSSR count). The highest BCUT2D eigenvalue weighted by Gasteiger charge is 2.42. The van der Waals surface area contributed by atoms with Crippen LogP contribution in [0.15, 0.2) is 18.3 Å². The van der Waals surface area contributed by atoms with Crippen molar-refractivity contribution in [2.75, 3.05) is 26.2 Å². The van der Waals surface area contributed by atoms with Crippen molar-refractivity contribution in [1.29, 1.82) is 0 Å². The summed E-state index contributed by atoms with van der Waals surface area (Å²) >= 11 is 0. The molecule has 2 aromatic heterocycles. The molecule has 1 atom stereocenters. The average Bonchev–Trinajstić information content (AvgIpc) is 3.09. The van der Waals surface area contributed by atoms with Crippen molar-refractivity contribution in [1.82, 2.24) is 25.4 Å². The zero-order valence-electron chi connectivity index (χ0n) is 11.6. The van der Waals surface area contributed by atoms with Crippen LogP contribution in [0.4, 0.5) is 0 Å². The van der Waals surface area contributed by atoms with Crippen LogP contribution < -0.4 is 5.32 Å². The fourth-order valence-corrected chi connectivity index (χ4v) is 3.15. The molecule has 7 nitrogen and oxygen atoms in total. The minimum Gasteiger partial charge on any atom is -0.362 e. The molecule has 2 aromatic rings. The van der Waals surface area contributed by atoms with Gasteiger partial charge in [-0.15, -0.1) is 0 Å². The fraction of sp³-hybridized carbons (Fsp3) is 0.500. The molecule has 1 amide bonds. The number of hydrogen-bond acceptors (Lipinski definition) is 5.